The lowest BCUT2D eigenvalue weighted by atomic mass is 9.81. The highest BCUT2D eigenvalue weighted by molar-refractivity contribution is 5.94. The lowest BCUT2D eigenvalue weighted by Crippen LogP contribution is -2.44. The number of halogens is 1. The number of esters is 1. The summed E-state index contributed by atoms with van der Waals surface area (Å²) in [4.78, 5) is 54.9. The number of benzene rings is 1. The summed E-state index contributed by atoms with van der Waals surface area (Å²) in [6.07, 6.45) is 0.283. The molecular formula is C28H27FN4O7. The number of carbonyl (C=O) groups excluding carboxylic acids is 2. The molecule has 1 aromatic carbocycles. The largest absolute Gasteiger partial charge is 0.481 e. The van der Waals surface area contributed by atoms with Gasteiger partial charge in [-0.3, -0.25) is 14.4 Å². The monoisotopic (exact) mass is 550 g/mol. The predicted octanol–water partition coefficient (Wildman–Crippen LogP) is 1.43. The third-order valence-electron chi connectivity index (χ3n) is 8.43. The summed E-state index contributed by atoms with van der Waals surface area (Å²) in [5.74, 6) is -3.12. The minimum atomic E-state index is -2.00. The van der Waals surface area contributed by atoms with E-state index in [9.17, 15) is 28.7 Å². The summed E-state index contributed by atoms with van der Waals surface area (Å²) >= 11 is 0. The first-order chi connectivity index (χ1) is 19.0. The standard InChI is InChI=1S/C28H27FN4O7/c1-3-28(39)15-6-20-24-13(9-33(20)26(37)14(15)10-40-27(28)38)23-18(32-25(36)17(30)8-21(34)35)5-4-12-11(2)16(29)7-19(31-24)22(12)23/h6-7,17-18,39H,3-5,8-10,30H2,1-2H3,(H,32,36)(H,34,35)/t17-,18-,28-/m0/s1. The number of fused-ring (bicyclic) bond motifs is 5. The Morgan fingerprint density at radius 3 is 2.75 bits per heavy atom. The Morgan fingerprint density at radius 1 is 1.30 bits per heavy atom. The van der Waals surface area contributed by atoms with Gasteiger partial charge in [0.15, 0.2) is 5.60 Å². The van der Waals surface area contributed by atoms with E-state index >= 15 is 0 Å². The number of nitrogens with two attached hydrogens (primary N) is 1. The SMILES string of the molecule is CC[C@@]1(O)C(=O)OCc2c1cc1n(c2=O)Cc2c-1nc1cc(F)c(C)c3c1c2[C@@H](NC(=O)[C@@H](N)CC(=O)O)CC3. The van der Waals surface area contributed by atoms with Crippen molar-refractivity contribution in [3.8, 4) is 11.4 Å². The van der Waals surface area contributed by atoms with E-state index in [-0.39, 0.29) is 30.7 Å². The number of aromatic nitrogens is 2. The number of ether oxygens (including phenoxy) is 1. The highest BCUT2D eigenvalue weighted by atomic mass is 19.1. The molecule has 0 saturated carbocycles. The van der Waals surface area contributed by atoms with Gasteiger partial charge in [0, 0.05) is 22.6 Å². The van der Waals surface area contributed by atoms with Crippen molar-refractivity contribution in [2.45, 2.75) is 70.4 Å². The molecule has 3 aliphatic rings. The summed E-state index contributed by atoms with van der Waals surface area (Å²) in [7, 11) is 0. The Hall–Kier alpha value is -4.16. The number of pyridine rings is 2. The third kappa shape index (κ3) is 3.59. The molecule has 5 N–H and O–H groups in total. The molecule has 2 aromatic heterocycles. The van der Waals surface area contributed by atoms with Crippen molar-refractivity contribution in [2.75, 3.05) is 0 Å². The maximum Gasteiger partial charge on any atom is 0.343 e. The first kappa shape index (κ1) is 26.1. The van der Waals surface area contributed by atoms with Gasteiger partial charge in [0.2, 0.25) is 5.91 Å². The maximum atomic E-state index is 15.0. The summed E-state index contributed by atoms with van der Waals surface area (Å²) in [5.41, 5.74) is 7.33. The number of carboxylic acid groups (broad SMARTS) is 1. The smallest absolute Gasteiger partial charge is 0.343 e. The molecule has 1 aliphatic carbocycles. The van der Waals surface area contributed by atoms with Gasteiger partial charge in [-0.2, -0.15) is 0 Å². The fourth-order valence-electron chi connectivity index (χ4n) is 6.26. The summed E-state index contributed by atoms with van der Waals surface area (Å²) in [6.45, 7) is 3.11. The van der Waals surface area contributed by atoms with Gasteiger partial charge in [-0.05, 0) is 48.9 Å². The zero-order valence-corrected chi connectivity index (χ0v) is 21.8. The van der Waals surface area contributed by atoms with Gasteiger partial charge in [-0.15, -0.1) is 0 Å². The number of nitrogens with one attached hydrogen (secondary N) is 1. The summed E-state index contributed by atoms with van der Waals surface area (Å²) in [6, 6.07) is 1.02. The number of cyclic esters (lactones) is 1. The summed E-state index contributed by atoms with van der Waals surface area (Å²) < 4.78 is 21.6. The molecule has 11 nitrogen and oxygen atoms in total. The molecule has 0 bridgehead atoms. The van der Waals surface area contributed by atoms with Crippen LogP contribution in [0.15, 0.2) is 16.9 Å². The van der Waals surface area contributed by atoms with Crippen molar-refractivity contribution in [3.63, 3.8) is 0 Å². The Morgan fingerprint density at radius 2 is 2.05 bits per heavy atom. The maximum absolute atomic E-state index is 15.0. The van der Waals surface area contributed by atoms with Crippen LogP contribution in [0, 0.1) is 12.7 Å². The van der Waals surface area contributed by atoms with Crippen LogP contribution >= 0.6 is 0 Å². The number of hydrogen-bond acceptors (Lipinski definition) is 8. The molecule has 0 radical (unpaired) electrons. The molecule has 208 valence electrons. The molecule has 0 saturated heterocycles. The van der Waals surface area contributed by atoms with E-state index in [0.717, 1.165) is 5.56 Å². The van der Waals surface area contributed by atoms with Crippen LogP contribution in [-0.4, -0.2) is 43.7 Å². The van der Waals surface area contributed by atoms with Crippen LogP contribution in [0.4, 0.5) is 4.39 Å². The predicted molar refractivity (Wildman–Crippen MR) is 139 cm³/mol. The molecule has 0 unspecified atom stereocenters. The van der Waals surface area contributed by atoms with Crippen molar-refractivity contribution in [2.24, 2.45) is 5.73 Å². The van der Waals surface area contributed by atoms with Crippen molar-refractivity contribution < 1.29 is 33.7 Å². The Balaban J connectivity index is 1.58. The van der Waals surface area contributed by atoms with E-state index in [1.54, 1.807) is 19.9 Å². The van der Waals surface area contributed by atoms with Crippen molar-refractivity contribution in [3.05, 3.63) is 61.7 Å². The summed E-state index contributed by atoms with van der Waals surface area (Å²) in [5, 5.41) is 23.8. The average Bonchev–Trinajstić information content (AvgIpc) is 3.28. The van der Waals surface area contributed by atoms with Crippen LogP contribution in [0.3, 0.4) is 0 Å². The van der Waals surface area contributed by atoms with Gasteiger partial charge < -0.3 is 30.6 Å². The number of rotatable bonds is 5. The second-order valence-electron chi connectivity index (χ2n) is 10.6. The highest BCUT2D eigenvalue weighted by Crippen LogP contribution is 2.45. The molecule has 12 heteroatoms. The van der Waals surface area contributed by atoms with Gasteiger partial charge >= 0.3 is 11.9 Å². The van der Waals surface area contributed by atoms with E-state index in [0.29, 0.717) is 51.8 Å². The van der Waals surface area contributed by atoms with E-state index < -0.39 is 53.3 Å². The molecule has 0 spiro atoms. The van der Waals surface area contributed by atoms with Gasteiger partial charge in [0.25, 0.3) is 5.56 Å². The van der Waals surface area contributed by atoms with Gasteiger partial charge in [0.1, 0.15) is 12.4 Å². The average molecular weight is 551 g/mol. The minimum absolute atomic E-state index is 0.0104. The third-order valence-corrected chi connectivity index (χ3v) is 8.43. The molecular weight excluding hydrogens is 523 g/mol. The van der Waals surface area contributed by atoms with Crippen molar-refractivity contribution in [1.29, 1.82) is 0 Å². The molecule has 4 heterocycles. The second kappa shape index (κ2) is 8.93. The van der Waals surface area contributed by atoms with E-state index in [1.807, 2.05) is 0 Å². The normalized spacial score (nSPS) is 21.3. The number of aliphatic carboxylic acids is 1. The molecule has 40 heavy (non-hydrogen) atoms. The van der Waals surface area contributed by atoms with Crippen LogP contribution in [-0.2, 0) is 44.3 Å². The van der Waals surface area contributed by atoms with Gasteiger partial charge in [0.05, 0.1) is 47.5 Å². The Labute approximate surface area is 226 Å². The molecule has 2 aliphatic heterocycles. The fraction of sp³-hybridized carbons (Fsp3) is 0.393. The first-order valence-corrected chi connectivity index (χ1v) is 13.1. The van der Waals surface area contributed by atoms with E-state index in [4.69, 9.17) is 20.6 Å². The van der Waals surface area contributed by atoms with Crippen LogP contribution in [0.25, 0.3) is 22.3 Å². The Bertz CT molecular complexity index is 1730. The second-order valence-corrected chi connectivity index (χ2v) is 10.6. The minimum Gasteiger partial charge on any atom is -0.481 e. The van der Waals surface area contributed by atoms with Gasteiger partial charge in [-0.25, -0.2) is 14.2 Å². The van der Waals surface area contributed by atoms with E-state index in [1.165, 1.54) is 10.6 Å². The first-order valence-electron chi connectivity index (χ1n) is 13.1. The number of nitrogens with zero attached hydrogens (tertiary/aromatic N) is 2. The number of carbonyl (C=O) groups is 3. The topological polar surface area (TPSA) is 174 Å². The quantitative estimate of drug-likeness (QED) is 0.268. The van der Waals surface area contributed by atoms with Crippen LogP contribution in [0.1, 0.15) is 65.6 Å². The van der Waals surface area contributed by atoms with Gasteiger partial charge in [-0.1, -0.05) is 6.92 Å². The fourth-order valence-corrected chi connectivity index (χ4v) is 6.26. The van der Waals surface area contributed by atoms with Crippen LogP contribution in [0.5, 0.6) is 0 Å². The lowest BCUT2D eigenvalue weighted by Gasteiger charge is -2.31. The number of hydrogen-bond donors (Lipinski definition) is 4. The van der Waals surface area contributed by atoms with Crippen molar-refractivity contribution >= 4 is 28.7 Å². The van der Waals surface area contributed by atoms with E-state index in [2.05, 4.69) is 5.32 Å². The Kier molecular flexibility index (Phi) is 5.82. The number of amides is 1. The zero-order valence-electron chi connectivity index (χ0n) is 21.8. The molecule has 6 rings (SSSR count). The zero-order chi connectivity index (χ0) is 28.7. The molecule has 3 atom stereocenters. The van der Waals surface area contributed by atoms with Crippen molar-refractivity contribution in [1.82, 2.24) is 14.9 Å². The van der Waals surface area contributed by atoms with Crippen LogP contribution < -0.4 is 16.6 Å². The molecule has 1 amide bonds. The van der Waals surface area contributed by atoms with Crippen LogP contribution in [0.2, 0.25) is 0 Å². The molecule has 0 fully saturated rings. The number of carboxylic acids is 1. The number of aryl methyl sites for hydroxylation is 1. The lowest BCUT2D eigenvalue weighted by molar-refractivity contribution is -0.172. The molecule has 3 aromatic rings. The number of aliphatic hydroxyl groups is 1. The highest BCUT2D eigenvalue weighted by Gasteiger charge is 2.46.